The molecule has 0 saturated heterocycles. The molecule has 1 rings (SSSR count). The summed E-state index contributed by atoms with van der Waals surface area (Å²) in [6.07, 6.45) is 0. The van der Waals surface area contributed by atoms with E-state index in [1.54, 1.807) is 7.05 Å². The van der Waals surface area contributed by atoms with Crippen molar-refractivity contribution in [2.24, 2.45) is 7.05 Å². The monoisotopic (exact) mass is 198 g/mol. The van der Waals surface area contributed by atoms with Gasteiger partial charge in [0.05, 0.1) is 20.1 Å². The molecule has 1 aromatic heterocycles. The van der Waals surface area contributed by atoms with E-state index in [-0.39, 0.29) is 12.5 Å². The minimum atomic E-state index is -0.0311. The van der Waals surface area contributed by atoms with Crippen molar-refractivity contribution in [3.8, 4) is 0 Å². The molecule has 0 bridgehead atoms. The Morgan fingerprint density at radius 3 is 2.93 bits per heavy atom. The maximum atomic E-state index is 11.0. The molecule has 0 unspecified atom stereocenters. The Morgan fingerprint density at radius 2 is 2.36 bits per heavy atom. The third kappa shape index (κ3) is 3.48. The molecule has 0 aliphatic heterocycles. The van der Waals surface area contributed by atoms with E-state index in [1.807, 2.05) is 6.92 Å². The highest BCUT2D eigenvalue weighted by atomic mass is 16.1. The normalized spacial score (nSPS) is 10.1. The third-order valence-electron chi connectivity index (χ3n) is 1.49. The summed E-state index contributed by atoms with van der Waals surface area (Å²) in [5.74, 6) is 0.549. The Balaban J connectivity index is 2.18. The molecule has 14 heavy (non-hydrogen) atoms. The molecule has 1 aromatic rings. The van der Waals surface area contributed by atoms with Crippen molar-refractivity contribution in [2.75, 3.05) is 13.1 Å². The van der Waals surface area contributed by atoms with Crippen LogP contribution in [-0.2, 0) is 18.4 Å². The van der Waals surface area contributed by atoms with Crippen LogP contribution in [-0.4, -0.2) is 39.2 Å². The van der Waals surface area contributed by atoms with Gasteiger partial charge in [0.2, 0.25) is 5.91 Å². The van der Waals surface area contributed by atoms with E-state index in [4.69, 9.17) is 0 Å². The predicted octanol–water partition coefficient (Wildman–Crippen LogP) is -1.56. The summed E-state index contributed by atoms with van der Waals surface area (Å²) < 4.78 is 0. The number of rotatable bonds is 5. The van der Waals surface area contributed by atoms with Crippen molar-refractivity contribution >= 4 is 5.91 Å². The fourth-order valence-corrected chi connectivity index (χ4v) is 0.942. The van der Waals surface area contributed by atoms with E-state index in [0.29, 0.717) is 18.9 Å². The highest BCUT2D eigenvalue weighted by Gasteiger charge is 2.01. The number of hydrogen-bond acceptors (Lipinski definition) is 5. The fourth-order valence-electron chi connectivity index (χ4n) is 0.942. The van der Waals surface area contributed by atoms with Crippen molar-refractivity contribution in [1.29, 1.82) is 0 Å². The highest BCUT2D eigenvalue weighted by molar-refractivity contribution is 5.77. The quantitative estimate of drug-likeness (QED) is 0.597. The molecule has 1 heterocycles. The molecule has 0 aliphatic rings. The Hall–Kier alpha value is -1.50. The number of likely N-dealkylation sites (N-methyl/N-ethyl adjacent to an activating group) is 1. The van der Waals surface area contributed by atoms with Gasteiger partial charge in [-0.25, -0.2) is 0 Å². The molecule has 2 N–H and O–H groups in total. The first-order chi connectivity index (χ1) is 6.72. The van der Waals surface area contributed by atoms with Gasteiger partial charge in [-0.2, -0.15) is 4.80 Å². The number of tetrazole rings is 1. The number of carbonyl (C=O) groups is 1. The van der Waals surface area contributed by atoms with Crippen molar-refractivity contribution in [3.05, 3.63) is 5.82 Å². The van der Waals surface area contributed by atoms with Gasteiger partial charge in [0.25, 0.3) is 0 Å². The van der Waals surface area contributed by atoms with Crippen LogP contribution in [0.1, 0.15) is 12.7 Å². The van der Waals surface area contributed by atoms with Crippen LogP contribution in [0.2, 0.25) is 0 Å². The molecular formula is C7H14N6O. The second kappa shape index (κ2) is 5.28. The molecule has 0 spiro atoms. The van der Waals surface area contributed by atoms with E-state index in [9.17, 15) is 4.79 Å². The predicted molar refractivity (Wildman–Crippen MR) is 49.2 cm³/mol. The number of hydrogen-bond donors (Lipinski definition) is 2. The number of nitrogens with one attached hydrogen (secondary N) is 2. The molecule has 7 heteroatoms. The van der Waals surface area contributed by atoms with Crippen molar-refractivity contribution < 1.29 is 4.79 Å². The SMILES string of the molecule is CCNC(=O)CNCc1nnn(C)n1. The Bertz CT molecular complexity index is 296. The molecule has 7 nitrogen and oxygen atoms in total. The van der Waals surface area contributed by atoms with Crippen LogP contribution >= 0.6 is 0 Å². The topological polar surface area (TPSA) is 84.7 Å². The van der Waals surface area contributed by atoms with Gasteiger partial charge in [-0.1, -0.05) is 0 Å². The average molecular weight is 198 g/mol. The Labute approximate surface area is 81.9 Å². The molecule has 0 aliphatic carbocycles. The summed E-state index contributed by atoms with van der Waals surface area (Å²) in [5, 5.41) is 17.0. The van der Waals surface area contributed by atoms with Crippen molar-refractivity contribution in [1.82, 2.24) is 30.8 Å². The highest BCUT2D eigenvalue weighted by Crippen LogP contribution is 1.82. The van der Waals surface area contributed by atoms with Crippen molar-refractivity contribution in [2.45, 2.75) is 13.5 Å². The van der Waals surface area contributed by atoms with Crippen LogP contribution in [0.5, 0.6) is 0 Å². The first kappa shape index (κ1) is 10.6. The lowest BCUT2D eigenvalue weighted by molar-refractivity contribution is -0.120. The van der Waals surface area contributed by atoms with Crippen molar-refractivity contribution in [3.63, 3.8) is 0 Å². The summed E-state index contributed by atoms with van der Waals surface area (Å²) in [6.45, 7) is 3.24. The summed E-state index contributed by atoms with van der Waals surface area (Å²) in [4.78, 5) is 12.4. The minimum Gasteiger partial charge on any atom is -0.355 e. The first-order valence-electron chi connectivity index (χ1n) is 4.42. The molecule has 0 aromatic carbocycles. The second-order valence-corrected chi connectivity index (χ2v) is 2.75. The lowest BCUT2D eigenvalue weighted by Crippen LogP contribution is -2.33. The molecule has 1 amide bonds. The summed E-state index contributed by atoms with van der Waals surface area (Å²) in [7, 11) is 1.69. The van der Waals surface area contributed by atoms with Gasteiger partial charge >= 0.3 is 0 Å². The van der Waals surface area contributed by atoms with E-state index in [0.717, 1.165) is 0 Å². The van der Waals surface area contributed by atoms with Gasteiger partial charge in [0.1, 0.15) is 0 Å². The fraction of sp³-hybridized carbons (Fsp3) is 0.714. The summed E-state index contributed by atoms with van der Waals surface area (Å²) >= 11 is 0. The molecule has 0 atom stereocenters. The maximum absolute atomic E-state index is 11.0. The van der Waals surface area contributed by atoms with Gasteiger partial charge in [-0.05, 0) is 12.1 Å². The van der Waals surface area contributed by atoms with Gasteiger partial charge in [0, 0.05) is 6.54 Å². The van der Waals surface area contributed by atoms with Gasteiger partial charge in [-0.3, -0.25) is 4.79 Å². The first-order valence-corrected chi connectivity index (χ1v) is 4.42. The lowest BCUT2D eigenvalue weighted by atomic mass is 10.5. The molecule has 78 valence electrons. The van der Waals surface area contributed by atoms with E-state index < -0.39 is 0 Å². The van der Waals surface area contributed by atoms with Crippen LogP contribution in [0.25, 0.3) is 0 Å². The van der Waals surface area contributed by atoms with Crippen LogP contribution in [0.15, 0.2) is 0 Å². The standard InChI is InChI=1S/C7H14N6O/c1-3-9-7(14)5-8-4-6-10-12-13(2)11-6/h8H,3-5H2,1-2H3,(H,9,14). The smallest absolute Gasteiger partial charge is 0.233 e. The maximum Gasteiger partial charge on any atom is 0.233 e. The summed E-state index contributed by atoms with van der Waals surface area (Å²) in [5.41, 5.74) is 0. The van der Waals surface area contributed by atoms with E-state index in [2.05, 4.69) is 26.0 Å². The molecule has 0 fully saturated rings. The van der Waals surface area contributed by atoms with Crippen LogP contribution in [0.3, 0.4) is 0 Å². The zero-order valence-electron chi connectivity index (χ0n) is 8.32. The van der Waals surface area contributed by atoms with Crippen LogP contribution in [0.4, 0.5) is 0 Å². The number of aryl methyl sites for hydroxylation is 1. The summed E-state index contributed by atoms with van der Waals surface area (Å²) in [6, 6.07) is 0. The Kier molecular flexibility index (Phi) is 3.99. The minimum absolute atomic E-state index is 0.0311. The van der Waals surface area contributed by atoms with Crippen LogP contribution in [0, 0.1) is 0 Å². The lowest BCUT2D eigenvalue weighted by Gasteiger charge is -2.01. The zero-order valence-corrected chi connectivity index (χ0v) is 8.32. The van der Waals surface area contributed by atoms with Gasteiger partial charge in [-0.15, -0.1) is 10.2 Å². The number of aromatic nitrogens is 4. The second-order valence-electron chi connectivity index (χ2n) is 2.75. The van der Waals surface area contributed by atoms with Gasteiger partial charge in [0.15, 0.2) is 5.82 Å². The molecule has 0 radical (unpaired) electrons. The van der Waals surface area contributed by atoms with E-state index >= 15 is 0 Å². The Morgan fingerprint density at radius 1 is 1.57 bits per heavy atom. The van der Waals surface area contributed by atoms with Crippen LogP contribution < -0.4 is 10.6 Å². The number of nitrogens with zero attached hydrogens (tertiary/aromatic N) is 4. The third-order valence-corrected chi connectivity index (χ3v) is 1.49. The molecule has 0 saturated carbocycles. The van der Waals surface area contributed by atoms with E-state index in [1.165, 1.54) is 4.80 Å². The zero-order chi connectivity index (χ0) is 10.4. The van der Waals surface area contributed by atoms with Gasteiger partial charge < -0.3 is 10.6 Å². The average Bonchev–Trinajstić information content (AvgIpc) is 2.52. The number of carbonyl (C=O) groups excluding carboxylic acids is 1. The molecular weight excluding hydrogens is 184 g/mol. The number of amides is 1. The largest absolute Gasteiger partial charge is 0.355 e.